The van der Waals surface area contributed by atoms with Gasteiger partial charge in [-0.1, -0.05) is 25.2 Å². The van der Waals surface area contributed by atoms with Crippen molar-refractivity contribution in [1.29, 1.82) is 0 Å². The van der Waals surface area contributed by atoms with Gasteiger partial charge >= 0.3 is 0 Å². The maximum Gasteiger partial charge on any atom is 0.133 e. The Bertz CT molecular complexity index is 481. The maximum absolute atomic E-state index is 13.6. The zero-order valence-electron chi connectivity index (χ0n) is 12.2. The zero-order chi connectivity index (χ0) is 14.7. The minimum absolute atomic E-state index is 0.124. The van der Waals surface area contributed by atoms with E-state index < -0.39 is 0 Å². The summed E-state index contributed by atoms with van der Waals surface area (Å²) in [6.07, 6.45) is 5.11. The van der Waals surface area contributed by atoms with Gasteiger partial charge in [0.2, 0.25) is 0 Å². The molecule has 0 heterocycles. The Kier molecular flexibility index (Phi) is 5.11. The van der Waals surface area contributed by atoms with Crippen LogP contribution in [0, 0.1) is 11.7 Å². The van der Waals surface area contributed by atoms with Crippen LogP contribution in [0.5, 0.6) is 0 Å². The quantitative estimate of drug-likeness (QED) is 0.862. The summed E-state index contributed by atoms with van der Waals surface area (Å²) in [5.74, 6) is 0.516. The number of hydrogen-bond acceptors (Lipinski definition) is 2. The van der Waals surface area contributed by atoms with Crippen LogP contribution in [0.15, 0.2) is 18.2 Å². The molecule has 0 aromatic heterocycles. The molecule has 0 bridgehead atoms. The molecule has 4 heteroatoms. The minimum Gasteiger partial charge on any atom is -0.389 e. The number of rotatable bonds is 4. The van der Waals surface area contributed by atoms with Crippen LogP contribution in [0.4, 0.5) is 4.39 Å². The van der Waals surface area contributed by atoms with E-state index in [1.54, 1.807) is 6.07 Å². The van der Waals surface area contributed by atoms with Gasteiger partial charge in [-0.3, -0.25) is 4.90 Å². The van der Waals surface area contributed by atoms with Gasteiger partial charge in [-0.25, -0.2) is 4.39 Å². The van der Waals surface area contributed by atoms with Crippen LogP contribution in [-0.2, 0) is 6.54 Å². The fraction of sp³-hybridized carbons (Fsp3) is 0.562. The van der Waals surface area contributed by atoms with Crippen molar-refractivity contribution >= 4 is 17.2 Å². The predicted octanol–water partition coefficient (Wildman–Crippen LogP) is 3.47. The lowest BCUT2D eigenvalue weighted by atomic mass is 9.86. The summed E-state index contributed by atoms with van der Waals surface area (Å²) in [6.45, 7) is 3.14. The summed E-state index contributed by atoms with van der Waals surface area (Å²) in [4.78, 5) is 2.49. The van der Waals surface area contributed by atoms with E-state index in [0.29, 0.717) is 11.6 Å². The fourth-order valence-corrected chi connectivity index (χ4v) is 3.12. The molecule has 1 saturated carbocycles. The van der Waals surface area contributed by atoms with Gasteiger partial charge in [0.1, 0.15) is 10.8 Å². The first kappa shape index (κ1) is 15.4. The second-order valence-electron chi connectivity index (χ2n) is 6.01. The van der Waals surface area contributed by atoms with Crippen LogP contribution in [-0.4, -0.2) is 23.0 Å². The molecule has 2 N–H and O–H groups in total. The maximum atomic E-state index is 13.6. The van der Waals surface area contributed by atoms with Crippen molar-refractivity contribution in [2.75, 3.05) is 7.05 Å². The first-order valence-corrected chi connectivity index (χ1v) is 7.66. The van der Waals surface area contributed by atoms with E-state index in [1.807, 2.05) is 6.07 Å². The van der Waals surface area contributed by atoms with E-state index in [1.165, 1.54) is 31.7 Å². The normalized spacial score (nSPS) is 23.0. The molecule has 1 aromatic rings. The van der Waals surface area contributed by atoms with E-state index in [2.05, 4.69) is 18.9 Å². The summed E-state index contributed by atoms with van der Waals surface area (Å²) < 4.78 is 13.6. The lowest BCUT2D eigenvalue weighted by Gasteiger charge is -2.33. The molecule has 0 radical (unpaired) electrons. The molecule has 1 aliphatic carbocycles. The largest absolute Gasteiger partial charge is 0.389 e. The average Bonchev–Trinajstić information content (AvgIpc) is 2.41. The molecule has 0 saturated heterocycles. The molecule has 20 heavy (non-hydrogen) atoms. The summed E-state index contributed by atoms with van der Waals surface area (Å²) in [6, 6.07) is 5.68. The van der Waals surface area contributed by atoms with Crippen molar-refractivity contribution in [2.24, 2.45) is 11.7 Å². The van der Waals surface area contributed by atoms with Crippen LogP contribution in [0.3, 0.4) is 0 Å². The molecule has 2 nitrogen and oxygen atoms in total. The van der Waals surface area contributed by atoms with Gasteiger partial charge in [-0.2, -0.15) is 0 Å². The molecule has 0 spiro atoms. The molecule has 110 valence electrons. The third-order valence-corrected chi connectivity index (χ3v) is 4.56. The van der Waals surface area contributed by atoms with Crippen molar-refractivity contribution in [3.05, 3.63) is 35.1 Å². The predicted molar refractivity (Wildman–Crippen MR) is 85.2 cm³/mol. The van der Waals surface area contributed by atoms with Crippen LogP contribution in [0.1, 0.15) is 43.7 Å². The standard InChI is InChI=1S/C16H23FN2S/c1-11-3-6-13(7-4-11)19(2)10-12-5-8-15(17)14(9-12)16(18)20/h5,8-9,11,13H,3-4,6-7,10H2,1-2H3,(H2,18,20). The Hall–Kier alpha value is -1.00. The summed E-state index contributed by atoms with van der Waals surface area (Å²) >= 11 is 4.89. The van der Waals surface area contributed by atoms with Gasteiger partial charge in [0.05, 0.1) is 0 Å². The van der Waals surface area contributed by atoms with Crippen LogP contribution in [0.2, 0.25) is 0 Å². The Balaban J connectivity index is 2.02. The molecule has 0 atom stereocenters. The van der Waals surface area contributed by atoms with Gasteiger partial charge < -0.3 is 5.73 Å². The highest BCUT2D eigenvalue weighted by molar-refractivity contribution is 7.80. The van der Waals surface area contributed by atoms with Crippen LogP contribution < -0.4 is 5.73 Å². The first-order valence-electron chi connectivity index (χ1n) is 7.26. The van der Waals surface area contributed by atoms with Crippen LogP contribution >= 0.6 is 12.2 Å². The summed E-state index contributed by atoms with van der Waals surface area (Å²) in [7, 11) is 2.14. The third kappa shape index (κ3) is 3.76. The summed E-state index contributed by atoms with van der Waals surface area (Å²) in [5.41, 5.74) is 6.97. The SMILES string of the molecule is CC1CCC(N(C)Cc2ccc(F)c(C(N)=S)c2)CC1. The Morgan fingerprint density at radius 1 is 1.35 bits per heavy atom. The number of halogens is 1. The van der Waals surface area contributed by atoms with E-state index >= 15 is 0 Å². The van der Waals surface area contributed by atoms with E-state index in [-0.39, 0.29) is 10.8 Å². The van der Waals surface area contributed by atoms with Crippen molar-refractivity contribution < 1.29 is 4.39 Å². The molecular formula is C16H23FN2S. The van der Waals surface area contributed by atoms with Crippen LogP contribution in [0.25, 0.3) is 0 Å². The highest BCUT2D eigenvalue weighted by atomic mass is 32.1. The topological polar surface area (TPSA) is 29.3 Å². The average molecular weight is 294 g/mol. The second kappa shape index (κ2) is 6.64. The van der Waals surface area contributed by atoms with Crippen molar-refractivity contribution in [3.8, 4) is 0 Å². The fourth-order valence-electron chi connectivity index (χ4n) is 2.96. The number of benzene rings is 1. The van der Waals surface area contributed by atoms with Gasteiger partial charge in [-0.15, -0.1) is 0 Å². The van der Waals surface area contributed by atoms with E-state index in [9.17, 15) is 4.39 Å². The highest BCUT2D eigenvalue weighted by Crippen LogP contribution is 2.27. The first-order chi connectivity index (χ1) is 9.47. The molecule has 1 aliphatic rings. The monoisotopic (exact) mass is 294 g/mol. The van der Waals surface area contributed by atoms with E-state index in [4.69, 9.17) is 18.0 Å². The lowest BCUT2D eigenvalue weighted by Crippen LogP contribution is -2.34. The zero-order valence-corrected chi connectivity index (χ0v) is 13.0. The molecule has 0 aliphatic heterocycles. The van der Waals surface area contributed by atoms with Crippen molar-refractivity contribution in [2.45, 2.75) is 45.2 Å². The number of nitrogens with two attached hydrogens (primary N) is 1. The molecule has 1 fully saturated rings. The third-order valence-electron chi connectivity index (χ3n) is 4.34. The van der Waals surface area contributed by atoms with Crippen molar-refractivity contribution in [3.63, 3.8) is 0 Å². The number of hydrogen-bond donors (Lipinski definition) is 1. The Labute approximate surface area is 126 Å². The second-order valence-corrected chi connectivity index (χ2v) is 6.45. The lowest BCUT2D eigenvalue weighted by molar-refractivity contribution is 0.164. The minimum atomic E-state index is -0.338. The van der Waals surface area contributed by atoms with Gasteiger partial charge in [0.15, 0.2) is 0 Å². The van der Waals surface area contributed by atoms with Crippen molar-refractivity contribution in [1.82, 2.24) is 4.90 Å². The number of nitrogens with zero attached hydrogens (tertiary/aromatic N) is 1. The molecular weight excluding hydrogens is 271 g/mol. The van der Waals surface area contributed by atoms with Gasteiger partial charge in [-0.05, 0) is 56.3 Å². The number of thiocarbonyl (C=S) groups is 1. The Morgan fingerprint density at radius 3 is 2.60 bits per heavy atom. The smallest absolute Gasteiger partial charge is 0.133 e. The molecule has 1 aromatic carbocycles. The van der Waals surface area contributed by atoms with E-state index in [0.717, 1.165) is 18.0 Å². The Morgan fingerprint density at radius 2 is 2.00 bits per heavy atom. The van der Waals surface area contributed by atoms with Gasteiger partial charge in [0.25, 0.3) is 0 Å². The highest BCUT2D eigenvalue weighted by Gasteiger charge is 2.21. The molecule has 2 rings (SSSR count). The molecule has 0 amide bonds. The molecule has 0 unspecified atom stereocenters. The van der Waals surface area contributed by atoms with Gasteiger partial charge in [0, 0.05) is 18.2 Å². The summed E-state index contributed by atoms with van der Waals surface area (Å²) in [5, 5.41) is 0.